The van der Waals surface area contributed by atoms with E-state index in [2.05, 4.69) is 9.97 Å². The van der Waals surface area contributed by atoms with Gasteiger partial charge in [-0.15, -0.1) is 0 Å². The van der Waals surface area contributed by atoms with Gasteiger partial charge in [-0.3, -0.25) is 0 Å². The normalized spacial score (nSPS) is 10.9. The van der Waals surface area contributed by atoms with Crippen LogP contribution in [-0.2, 0) is 4.74 Å². The summed E-state index contributed by atoms with van der Waals surface area (Å²) in [6.45, 7) is 4.16. The van der Waals surface area contributed by atoms with E-state index < -0.39 is 0 Å². The Morgan fingerprint density at radius 1 is 1.14 bits per heavy atom. The summed E-state index contributed by atoms with van der Waals surface area (Å²) in [6.07, 6.45) is 1.71. The number of hydrogen-bond acceptors (Lipinski definition) is 5. The quantitative estimate of drug-likeness (QED) is 0.519. The minimum atomic E-state index is -0.331. The number of aryl methyl sites for hydroxylation is 1. The van der Waals surface area contributed by atoms with Crippen LogP contribution in [0.3, 0.4) is 0 Å². The van der Waals surface area contributed by atoms with Crippen LogP contribution in [0.5, 0.6) is 0 Å². The maximum atomic E-state index is 11.8. The van der Waals surface area contributed by atoms with Crippen LogP contribution in [0.15, 0.2) is 54.7 Å². The molecule has 2 aromatic carbocycles. The van der Waals surface area contributed by atoms with Crippen LogP contribution in [-0.4, -0.2) is 27.5 Å². The third kappa shape index (κ3) is 3.20. The highest BCUT2D eigenvalue weighted by atomic mass is 16.5. The molecule has 2 heterocycles. The van der Waals surface area contributed by atoms with Gasteiger partial charge in [-0.25, -0.2) is 14.8 Å². The van der Waals surface area contributed by atoms with Crippen molar-refractivity contribution >= 4 is 22.8 Å². The number of hydrogen-bond donors (Lipinski definition) is 2. The number of nitrogens with one attached hydrogen (secondary N) is 1. The van der Waals surface area contributed by atoms with Crippen molar-refractivity contribution in [1.82, 2.24) is 15.0 Å². The molecule has 0 atom stereocenters. The van der Waals surface area contributed by atoms with E-state index in [0.29, 0.717) is 23.8 Å². The highest BCUT2D eigenvalue weighted by Gasteiger charge is 2.13. The number of H-pyrrole nitrogens is 1. The molecule has 2 aromatic heterocycles. The van der Waals surface area contributed by atoms with Gasteiger partial charge in [-0.2, -0.15) is 0 Å². The molecule has 0 saturated heterocycles. The fourth-order valence-corrected chi connectivity index (χ4v) is 3.14. The molecule has 0 aliphatic carbocycles. The molecule has 6 nitrogen and oxygen atoms in total. The molecule has 3 N–H and O–H groups in total. The first-order valence-electron chi connectivity index (χ1n) is 9.05. The molecule has 0 bridgehead atoms. The summed E-state index contributed by atoms with van der Waals surface area (Å²) in [4.78, 5) is 24.2. The summed E-state index contributed by atoms with van der Waals surface area (Å²) in [5, 5.41) is 0. The van der Waals surface area contributed by atoms with Crippen molar-refractivity contribution in [3.8, 4) is 22.5 Å². The standard InChI is InChI=1S/C22H20N4O2/c1-3-28-22(27)15-9-7-14(8-10-15)16-11-17(20(23)24-12-16)21-25-18-6-4-5-13(2)19(18)26-21/h4-12H,3H2,1-2H3,(H2,23,24)(H,25,26). The van der Waals surface area contributed by atoms with Crippen molar-refractivity contribution in [3.05, 3.63) is 65.9 Å². The van der Waals surface area contributed by atoms with E-state index in [0.717, 1.165) is 33.3 Å². The first kappa shape index (κ1) is 17.7. The average Bonchev–Trinajstić information content (AvgIpc) is 3.14. The van der Waals surface area contributed by atoms with Gasteiger partial charge >= 0.3 is 5.97 Å². The van der Waals surface area contributed by atoms with E-state index in [1.807, 2.05) is 43.3 Å². The Bertz CT molecular complexity index is 1160. The molecule has 28 heavy (non-hydrogen) atoms. The third-order valence-corrected chi connectivity index (χ3v) is 4.62. The number of fused-ring (bicyclic) bond motifs is 1. The molecule has 140 valence electrons. The van der Waals surface area contributed by atoms with Crippen LogP contribution in [0.25, 0.3) is 33.5 Å². The Morgan fingerprint density at radius 3 is 2.64 bits per heavy atom. The van der Waals surface area contributed by atoms with Gasteiger partial charge in [0.25, 0.3) is 0 Å². The monoisotopic (exact) mass is 372 g/mol. The van der Waals surface area contributed by atoms with Crippen LogP contribution < -0.4 is 5.73 Å². The number of carbonyl (C=O) groups is 1. The zero-order valence-electron chi connectivity index (χ0n) is 15.7. The second kappa shape index (κ2) is 7.15. The Hall–Kier alpha value is -3.67. The summed E-state index contributed by atoms with van der Waals surface area (Å²) in [7, 11) is 0. The highest BCUT2D eigenvalue weighted by molar-refractivity contribution is 5.90. The molecule has 0 unspecified atom stereocenters. The number of nitrogens with two attached hydrogens (primary N) is 1. The fraction of sp³-hybridized carbons (Fsp3) is 0.136. The number of anilines is 1. The number of rotatable bonds is 4. The van der Waals surface area contributed by atoms with Crippen molar-refractivity contribution in [2.75, 3.05) is 12.3 Å². The Labute approximate surface area is 162 Å². The molecular weight excluding hydrogens is 352 g/mol. The van der Waals surface area contributed by atoms with Gasteiger partial charge in [-0.1, -0.05) is 24.3 Å². The third-order valence-electron chi connectivity index (χ3n) is 4.62. The molecule has 0 spiro atoms. The zero-order valence-corrected chi connectivity index (χ0v) is 15.7. The van der Waals surface area contributed by atoms with Gasteiger partial charge in [0.1, 0.15) is 11.6 Å². The van der Waals surface area contributed by atoms with Gasteiger partial charge in [0, 0.05) is 11.8 Å². The molecule has 0 aliphatic rings. The number of ether oxygens (including phenoxy) is 1. The van der Waals surface area contributed by atoms with Gasteiger partial charge in [0.2, 0.25) is 0 Å². The predicted molar refractivity (Wildman–Crippen MR) is 110 cm³/mol. The smallest absolute Gasteiger partial charge is 0.338 e. The van der Waals surface area contributed by atoms with E-state index in [1.54, 1.807) is 25.3 Å². The number of para-hydroxylation sites is 1. The van der Waals surface area contributed by atoms with E-state index in [4.69, 9.17) is 15.5 Å². The topological polar surface area (TPSA) is 93.9 Å². The van der Waals surface area contributed by atoms with Crippen LogP contribution in [0.1, 0.15) is 22.8 Å². The lowest BCUT2D eigenvalue weighted by molar-refractivity contribution is 0.0526. The molecule has 4 aromatic rings. The number of aromatic nitrogens is 3. The number of nitrogen functional groups attached to an aromatic ring is 1. The Morgan fingerprint density at radius 2 is 1.93 bits per heavy atom. The average molecular weight is 372 g/mol. The zero-order chi connectivity index (χ0) is 19.7. The van der Waals surface area contributed by atoms with E-state index in [9.17, 15) is 4.79 Å². The maximum absolute atomic E-state index is 11.8. The lowest BCUT2D eigenvalue weighted by atomic mass is 10.0. The molecule has 4 rings (SSSR count). The first-order chi connectivity index (χ1) is 13.6. The molecule has 0 radical (unpaired) electrons. The fourth-order valence-electron chi connectivity index (χ4n) is 3.14. The minimum Gasteiger partial charge on any atom is -0.462 e. The number of pyridine rings is 1. The number of carbonyl (C=O) groups excluding carboxylic acids is 1. The van der Waals surface area contributed by atoms with E-state index in [-0.39, 0.29) is 5.97 Å². The minimum absolute atomic E-state index is 0.331. The largest absolute Gasteiger partial charge is 0.462 e. The molecular formula is C22H20N4O2. The molecule has 0 aliphatic heterocycles. The lowest BCUT2D eigenvalue weighted by Crippen LogP contribution is -2.04. The molecule has 0 saturated carbocycles. The van der Waals surface area contributed by atoms with Gasteiger partial charge in [-0.05, 0) is 49.2 Å². The summed E-state index contributed by atoms with van der Waals surface area (Å²) in [5.41, 5.74) is 12.2. The summed E-state index contributed by atoms with van der Waals surface area (Å²) in [6, 6.07) is 15.2. The molecule has 0 fully saturated rings. The summed E-state index contributed by atoms with van der Waals surface area (Å²) in [5.74, 6) is 0.755. The van der Waals surface area contributed by atoms with Crippen molar-refractivity contribution in [2.24, 2.45) is 0 Å². The SMILES string of the molecule is CCOC(=O)c1ccc(-c2cnc(N)c(-c3nc4c(C)cccc4[nH]3)c2)cc1. The summed E-state index contributed by atoms with van der Waals surface area (Å²) >= 11 is 0. The molecule has 6 heteroatoms. The molecule has 0 amide bonds. The van der Waals surface area contributed by atoms with Gasteiger partial charge in [0.05, 0.1) is 28.8 Å². The lowest BCUT2D eigenvalue weighted by Gasteiger charge is -2.07. The number of benzene rings is 2. The van der Waals surface area contributed by atoms with E-state index in [1.165, 1.54) is 0 Å². The van der Waals surface area contributed by atoms with Crippen LogP contribution >= 0.6 is 0 Å². The second-order valence-corrected chi connectivity index (χ2v) is 6.51. The second-order valence-electron chi connectivity index (χ2n) is 6.51. The van der Waals surface area contributed by atoms with Crippen LogP contribution in [0.4, 0.5) is 5.82 Å². The Kier molecular flexibility index (Phi) is 4.53. The van der Waals surface area contributed by atoms with Crippen molar-refractivity contribution in [3.63, 3.8) is 0 Å². The van der Waals surface area contributed by atoms with E-state index >= 15 is 0 Å². The highest BCUT2D eigenvalue weighted by Crippen LogP contribution is 2.30. The number of aromatic amines is 1. The number of imidazole rings is 1. The number of esters is 1. The van der Waals surface area contributed by atoms with Crippen molar-refractivity contribution in [2.45, 2.75) is 13.8 Å². The van der Waals surface area contributed by atoms with Gasteiger partial charge < -0.3 is 15.5 Å². The summed E-state index contributed by atoms with van der Waals surface area (Å²) < 4.78 is 5.02. The van der Waals surface area contributed by atoms with Crippen molar-refractivity contribution < 1.29 is 9.53 Å². The number of nitrogens with zero attached hydrogens (tertiary/aromatic N) is 2. The maximum Gasteiger partial charge on any atom is 0.338 e. The van der Waals surface area contributed by atoms with Crippen LogP contribution in [0, 0.1) is 6.92 Å². The first-order valence-corrected chi connectivity index (χ1v) is 9.05. The van der Waals surface area contributed by atoms with Crippen molar-refractivity contribution in [1.29, 1.82) is 0 Å². The predicted octanol–water partition coefficient (Wildman–Crippen LogP) is 4.36. The Balaban J connectivity index is 1.72. The van der Waals surface area contributed by atoms with Crippen LogP contribution in [0.2, 0.25) is 0 Å². The van der Waals surface area contributed by atoms with Gasteiger partial charge in [0.15, 0.2) is 0 Å².